The first-order valence-corrected chi connectivity index (χ1v) is 7.25. The van der Waals surface area contributed by atoms with E-state index in [2.05, 4.69) is 10.6 Å². The molecule has 22 heavy (non-hydrogen) atoms. The highest BCUT2D eigenvalue weighted by atomic mass is 35.5. The summed E-state index contributed by atoms with van der Waals surface area (Å²) in [5, 5.41) is 15.3. The molecule has 2 aromatic carbocycles. The van der Waals surface area contributed by atoms with E-state index in [9.17, 15) is 4.79 Å². The van der Waals surface area contributed by atoms with Gasteiger partial charge in [0.15, 0.2) is 0 Å². The lowest BCUT2D eigenvalue weighted by Crippen LogP contribution is -2.30. The maximum Gasteiger partial charge on any atom is 0.238 e. The first kappa shape index (κ1) is 16.0. The third-order valence-corrected chi connectivity index (χ3v) is 3.45. The molecule has 0 fully saturated rings. The maximum atomic E-state index is 11.9. The van der Waals surface area contributed by atoms with Crippen LogP contribution in [0.3, 0.4) is 0 Å². The molecule has 2 rings (SSSR count). The lowest BCUT2D eigenvalue weighted by atomic mass is 10.1. The number of hydrogen-bond acceptors (Lipinski definition) is 3. The molecule has 0 radical (unpaired) electrons. The van der Waals surface area contributed by atoms with Gasteiger partial charge in [-0.05, 0) is 48.9 Å². The molecular weight excluding hydrogens is 298 g/mol. The highest BCUT2D eigenvalue weighted by Crippen LogP contribution is 2.17. The highest BCUT2D eigenvalue weighted by molar-refractivity contribution is 6.30. The van der Waals surface area contributed by atoms with Crippen LogP contribution in [0.2, 0.25) is 5.02 Å². The van der Waals surface area contributed by atoms with Gasteiger partial charge in [0, 0.05) is 16.8 Å². The Morgan fingerprint density at radius 2 is 2.00 bits per heavy atom. The molecule has 0 saturated heterocycles. The quantitative estimate of drug-likeness (QED) is 0.888. The molecular formula is C17H16ClN3O. The molecule has 0 aromatic heterocycles. The standard InChI is InChI=1S/C17H16ClN3O/c1-12(14-3-2-4-15(18)9-14)20-11-17(22)21-16-7-5-13(10-19)6-8-16/h2-9,12,20H,11H2,1H3,(H,21,22)/t12-/m0/s1. The third-order valence-electron chi connectivity index (χ3n) is 3.22. The van der Waals surface area contributed by atoms with E-state index < -0.39 is 0 Å². The number of amides is 1. The molecule has 0 saturated carbocycles. The van der Waals surface area contributed by atoms with Gasteiger partial charge in [-0.1, -0.05) is 23.7 Å². The third kappa shape index (κ3) is 4.59. The number of nitrogens with zero attached hydrogens (tertiary/aromatic N) is 1. The molecule has 5 heteroatoms. The average Bonchev–Trinajstić information content (AvgIpc) is 2.53. The van der Waals surface area contributed by atoms with E-state index in [1.807, 2.05) is 37.3 Å². The van der Waals surface area contributed by atoms with Gasteiger partial charge in [-0.25, -0.2) is 0 Å². The van der Waals surface area contributed by atoms with Gasteiger partial charge >= 0.3 is 0 Å². The Labute approximate surface area is 134 Å². The predicted molar refractivity (Wildman–Crippen MR) is 87.7 cm³/mol. The van der Waals surface area contributed by atoms with Crippen molar-refractivity contribution in [3.8, 4) is 6.07 Å². The summed E-state index contributed by atoms with van der Waals surface area (Å²) in [5.41, 5.74) is 2.26. The van der Waals surface area contributed by atoms with Crippen molar-refractivity contribution >= 4 is 23.2 Å². The maximum absolute atomic E-state index is 11.9. The van der Waals surface area contributed by atoms with Crippen molar-refractivity contribution < 1.29 is 4.79 Å². The number of nitriles is 1. The lowest BCUT2D eigenvalue weighted by molar-refractivity contribution is -0.115. The number of carbonyl (C=O) groups is 1. The van der Waals surface area contributed by atoms with Crippen LogP contribution in [0.1, 0.15) is 24.1 Å². The molecule has 0 bridgehead atoms. The van der Waals surface area contributed by atoms with Crippen LogP contribution in [0.5, 0.6) is 0 Å². The molecule has 4 nitrogen and oxygen atoms in total. The van der Waals surface area contributed by atoms with Crippen LogP contribution in [-0.4, -0.2) is 12.5 Å². The minimum absolute atomic E-state index is 0.0189. The summed E-state index contributed by atoms with van der Waals surface area (Å²) in [4.78, 5) is 11.9. The van der Waals surface area contributed by atoms with Crippen LogP contribution in [0.25, 0.3) is 0 Å². The van der Waals surface area contributed by atoms with Crippen molar-refractivity contribution in [1.29, 1.82) is 5.26 Å². The van der Waals surface area contributed by atoms with E-state index in [1.54, 1.807) is 24.3 Å². The SMILES string of the molecule is C[C@H](NCC(=O)Nc1ccc(C#N)cc1)c1cccc(Cl)c1. The largest absolute Gasteiger partial charge is 0.325 e. The van der Waals surface area contributed by atoms with Gasteiger partial charge in [0.1, 0.15) is 0 Å². The number of rotatable bonds is 5. The molecule has 0 spiro atoms. The van der Waals surface area contributed by atoms with Crippen molar-refractivity contribution in [3.05, 3.63) is 64.7 Å². The second kappa shape index (κ2) is 7.60. The summed E-state index contributed by atoms with van der Waals surface area (Å²) in [7, 11) is 0. The molecule has 0 heterocycles. The van der Waals surface area contributed by atoms with Crippen LogP contribution in [0, 0.1) is 11.3 Å². The molecule has 1 amide bonds. The molecule has 112 valence electrons. The smallest absolute Gasteiger partial charge is 0.238 e. The number of carbonyl (C=O) groups excluding carboxylic acids is 1. The molecule has 0 aliphatic heterocycles. The number of halogens is 1. The number of nitrogens with one attached hydrogen (secondary N) is 2. The first-order chi connectivity index (χ1) is 10.6. The number of hydrogen-bond donors (Lipinski definition) is 2. The van der Waals surface area contributed by atoms with Crippen LogP contribution >= 0.6 is 11.6 Å². The summed E-state index contributed by atoms with van der Waals surface area (Å²) in [6.45, 7) is 2.16. The van der Waals surface area contributed by atoms with E-state index >= 15 is 0 Å². The summed E-state index contributed by atoms with van der Waals surface area (Å²) in [5.74, 6) is -0.140. The van der Waals surface area contributed by atoms with Crippen LogP contribution in [0.4, 0.5) is 5.69 Å². The van der Waals surface area contributed by atoms with Crippen molar-refractivity contribution in [2.45, 2.75) is 13.0 Å². The molecule has 2 aromatic rings. The van der Waals surface area contributed by atoms with Gasteiger partial charge in [0.2, 0.25) is 5.91 Å². The first-order valence-electron chi connectivity index (χ1n) is 6.87. The lowest BCUT2D eigenvalue weighted by Gasteiger charge is -2.14. The van der Waals surface area contributed by atoms with Crippen LogP contribution in [0.15, 0.2) is 48.5 Å². The summed E-state index contributed by atoms with van der Waals surface area (Å²) < 4.78 is 0. The number of benzene rings is 2. The normalized spacial score (nSPS) is 11.5. The van der Waals surface area contributed by atoms with Crippen molar-refractivity contribution in [3.63, 3.8) is 0 Å². The Bertz CT molecular complexity index is 692. The average molecular weight is 314 g/mol. The fraction of sp³-hybridized carbons (Fsp3) is 0.176. The van der Waals surface area contributed by atoms with E-state index in [1.165, 1.54) is 0 Å². The van der Waals surface area contributed by atoms with Crippen LogP contribution < -0.4 is 10.6 Å². The Hall–Kier alpha value is -2.35. The second-order valence-corrected chi connectivity index (χ2v) is 5.33. The van der Waals surface area contributed by atoms with E-state index in [4.69, 9.17) is 16.9 Å². The Balaban J connectivity index is 1.85. The minimum Gasteiger partial charge on any atom is -0.325 e. The van der Waals surface area contributed by atoms with E-state index in [0.717, 1.165) is 5.56 Å². The van der Waals surface area contributed by atoms with Crippen molar-refractivity contribution in [2.24, 2.45) is 0 Å². The van der Waals surface area contributed by atoms with Crippen LogP contribution in [-0.2, 0) is 4.79 Å². The Morgan fingerprint density at radius 1 is 1.27 bits per heavy atom. The Morgan fingerprint density at radius 3 is 2.64 bits per heavy atom. The minimum atomic E-state index is -0.140. The molecule has 0 unspecified atom stereocenters. The van der Waals surface area contributed by atoms with Gasteiger partial charge in [-0.2, -0.15) is 5.26 Å². The summed E-state index contributed by atoms with van der Waals surface area (Å²) in [6, 6.07) is 16.3. The van der Waals surface area contributed by atoms with Gasteiger partial charge in [0.25, 0.3) is 0 Å². The molecule has 0 aliphatic rings. The van der Waals surface area contributed by atoms with Gasteiger partial charge in [0.05, 0.1) is 18.2 Å². The Kier molecular flexibility index (Phi) is 5.54. The van der Waals surface area contributed by atoms with Crippen molar-refractivity contribution in [2.75, 3.05) is 11.9 Å². The number of anilines is 1. The fourth-order valence-corrected chi connectivity index (χ4v) is 2.17. The zero-order valence-corrected chi connectivity index (χ0v) is 12.9. The van der Waals surface area contributed by atoms with E-state index in [-0.39, 0.29) is 18.5 Å². The molecule has 2 N–H and O–H groups in total. The van der Waals surface area contributed by atoms with E-state index in [0.29, 0.717) is 16.3 Å². The molecule has 0 aliphatic carbocycles. The van der Waals surface area contributed by atoms with Gasteiger partial charge in [-0.15, -0.1) is 0 Å². The highest BCUT2D eigenvalue weighted by Gasteiger charge is 2.08. The summed E-state index contributed by atoms with van der Waals surface area (Å²) >= 11 is 5.95. The van der Waals surface area contributed by atoms with Gasteiger partial charge in [-0.3, -0.25) is 4.79 Å². The fourth-order valence-electron chi connectivity index (χ4n) is 1.97. The zero-order chi connectivity index (χ0) is 15.9. The summed E-state index contributed by atoms with van der Waals surface area (Å²) in [6.07, 6.45) is 0. The topological polar surface area (TPSA) is 64.9 Å². The second-order valence-electron chi connectivity index (χ2n) is 4.89. The van der Waals surface area contributed by atoms with Crippen molar-refractivity contribution in [1.82, 2.24) is 5.32 Å². The molecule has 1 atom stereocenters. The zero-order valence-electron chi connectivity index (χ0n) is 12.1. The van der Waals surface area contributed by atoms with Gasteiger partial charge < -0.3 is 10.6 Å². The monoisotopic (exact) mass is 313 g/mol. The predicted octanol–water partition coefficient (Wildman–Crippen LogP) is 3.50.